The molecule has 13 nitrogen and oxygen atoms in total. The summed E-state index contributed by atoms with van der Waals surface area (Å²) in [4.78, 5) is 11.7. The third kappa shape index (κ3) is 6.00. The normalized spacial score (nSPS) is 33.1. The van der Waals surface area contributed by atoms with Gasteiger partial charge in [0.25, 0.3) is 5.91 Å². The van der Waals surface area contributed by atoms with Gasteiger partial charge in [0, 0.05) is 13.1 Å². The summed E-state index contributed by atoms with van der Waals surface area (Å²) in [7, 11) is 0. The zero-order valence-electron chi connectivity index (χ0n) is 14.4. The lowest BCUT2D eigenvalue weighted by Gasteiger charge is -2.42. The van der Waals surface area contributed by atoms with Crippen LogP contribution in [-0.2, 0) is 14.3 Å². The van der Waals surface area contributed by atoms with Gasteiger partial charge < -0.3 is 61.4 Å². The molecule has 0 aliphatic carbocycles. The molecule has 0 bridgehead atoms. The number of aliphatic hydroxyl groups excluding tert-OH is 8. The van der Waals surface area contributed by atoms with E-state index in [4.69, 9.17) is 25.4 Å². The van der Waals surface area contributed by atoms with Crippen LogP contribution < -0.4 is 11.1 Å². The molecule has 0 spiro atoms. The van der Waals surface area contributed by atoms with Gasteiger partial charge in [0.15, 0.2) is 12.4 Å². The minimum absolute atomic E-state index is 0.00337. The summed E-state index contributed by atoms with van der Waals surface area (Å²) in [5, 5.41) is 79.8. The quantitative estimate of drug-likeness (QED) is 0.165. The zero-order chi connectivity index (χ0) is 20.7. The van der Waals surface area contributed by atoms with E-state index in [1.165, 1.54) is 0 Å². The number of nitrogens with two attached hydrogens (primary N) is 1. The van der Waals surface area contributed by atoms with Crippen molar-refractivity contribution in [3.8, 4) is 0 Å². The molecule has 1 saturated heterocycles. The summed E-state index contributed by atoms with van der Waals surface area (Å²) < 4.78 is 10.2. The van der Waals surface area contributed by atoms with Crippen LogP contribution in [0.1, 0.15) is 0 Å². The molecule has 1 heterocycles. The summed E-state index contributed by atoms with van der Waals surface area (Å²) >= 11 is 0. The van der Waals surface area contributed by atoms with Crippen LogP contribution in [0, 0.1) is 0 Å². The highest BCUT2D eigenvalue weighted by molar-refractivity contribution is 5.81. The summed E-state index contributed by atoms with van der Waals surface area (Å²) in [5.74, 6) is -1.03. The van der Waals surface area contributed by atoms with Gasteiger partial charge in [-0.05, 0) is 0 Å². The van der Waals surface area contributed by atoms with E-state index >= 15 is 0 Å². The Balaban J connectivity index is 2.92. The van der Waals surface area contributed by atoms with Crippen molar-refractivity contribution in [1.29, 1.82) is 0 Å². The Hall–Kier alpha value is -0.970. The molecule has 13 heteroatoms. The van der Waals surface area contributed by atoms with Gasteiger partial charge in [-0.2, -0.15) is 0 Å². The standard InChI is InChI=1S/C14H28N2O11/c15-1-2-16-13(25)10(23)9(22)12(5(19)3-17)27-14-11(24)8(21)7(20)6(4-18)26-14/h5-12,14,17-24H,1-4,15H2,(H,16,25)/t5-,6-,7+,8+,9-,10-,11-,12-,14+/m1/s1. The highest BCUT2D eigenvalue weighted by Crippen LogP contribution is 2.25. The molecular weight excluding hydrogens is 372 g/mol. The number of carbonyl (C=O) groups excluding carboxylic acids is 1. The van der Waals surface area contributed by atoms with Crippen LogP contribution in [0.25, 0.3) is 0 Å². The molecule has 0 aromatic rings. The molecule has 1 aliphatic rings. The van der Waals surface area contributed by atoms with E-state index in [-0.39, 0.29) is 13.1 Å². The maximum atomic E-state index is 11.7. The number of aliphatic hydroxyl groups is 8. The fourth-order valence-electron chi connectivity index (χ4n) is 2.47. The van der Waals surface area contributed by atoms with E-state index < -0.39 is 74.2 Å². The number of amides is 1. The number of rotatable bonds is 10. The first-order valence-electron chi connectivity index (χ1n) is 8.28. The molecule has 1 rings (SSSR count). The number of ether oxygens (including phenoxy) is 2. The Bertz CT molecular complexity index is 455. The molecule has 1 aliphatic heterocycles. The third-order valence-corrected chi connectivity index (χ3v) is 4.08. The second-order valence-electron chi connectivity index (χ2n) is 6.06. The van der Waals surface area contributed by atoms with Crippen LogP contribution >= 0.6 is 0 Å². The Kier molecular flexibility index (Phi) is 9.92. The molecule has 0 unspecified atom stereocenters. The van der Waals surface area contributed by atoms with Crippen molar-refractivity contribution in [2.24, 2.45) is 5.73 Å². The van der Waals surface area contributed by atoms with E-state index in [1.54, 1.807) is 0 Å². The van der Waals surface area contributed by atoms with Gasteiger partial charge in [-0.15, -0.1) is 0 Å². The first-order valence-corrected chi connectivity index (χ1v) is 8.28. The molecule has 160 valence electrons. The van der Waals surface area contributed by atoms with E-state index in [2.05, 4.69) is 5.32 Å². The monoisotopic (exact) mass is 400 g/mol. The second kappa shape index (κ2) is 11.1. The molecule has 1 amide bonds. The van der Waals surface area contributed by atoms with Crippen LogP contribution in [0.2, 0.25) is 0 Å². The summed E-state index contributed by atoms with van der Waals surface area (Å²) in [6.07, 6.45) is -16.2. The lowest BCUT2D eigenvalue weighted by molar-refractivity contribution is -0.326. The van der Waals surface area contributed by atoms with Crippen LogP contribution in [0.5, 0.6) is 0 Å². The summed E-state index contributed by atoms with van der Waals surface area (Å²) in [5.41, 5.74) is 5.21. The maximum absolute atomic E-state index is 11.7. The smallest absolute Gasteiger partial charge is 0.251 e. The van der Waals surface area contributed by atoms with E-state index in [1.807, 2.05) is 0 Å². The van der Waals surface area contributed by atoms with Crippen molar-refractivity contribution in [3.63, 3.8) is 0 Å². The fourth-order valence-corrected chi connectivity index (χ4v) is 2.47. The Morgan fingerprint density at radius 2 is 1.74 bits per heavy atom. The van der Waals surface area contributed by atoms with Crippen LogP contribution in [0.15, 0.2) is 0 Å². The average Bonchev–Trinajstić information content (AvgIpc) is 2.68. The number of hydrogen-bond acceptors (Lipinski definition) is 12. The largest absolute Gasteiger partial charge is 0.394 e. The molecular formula is C14H28N2O11. The van der Waals surface area contributed by atoms with Crippen LogP contribution in [0.4, 0.5) is 0 Å². The van der Waals surface area contributed by atoms with Gasteiger partial charge >= 0.3 is 0 Å². The molecule has 0 aromatic heterocycles. The van der Waals surface area contributed by atoms with E-state index in [0.717, 1.165) is 0 Å². The molecule has 11 N–H and O–H groups in total. The molecule has 27 heavy (non-hydrogen) atoms. The van der Waals surface area contributed by atoms with Crippen LogP contribution in [-0.4, -0.2) is 128 Å². The molecule has 9 atom stereocenters. The highest BCUT2D eigenvalue weighted by Gasteiger charge is 2.47. The molecule has 0 radical (unpaired) electrons. The first kappa shape index (κ1) is 24.1. The van der Waals surface area contributed by atoms with Crippen LogP contribution in [0.3, 0.4) is 0 Å². The minimum Gasteiger partial charge on any atom is -0.394 e. The second-order valence-corrected chi connectivity index (χ2v) is 6.06. The minimum atomic E-state index is -2.09. The Morgan fingerprint density at radius 3 is 2.26 bits per heavy atom. The molecule has 0 aromatic carbocycles. The topological polar surface area (TPSA) is 235 Å². The average molecular weight is 400 g/mol. The van der Waals surface area contributed by atoms with E-state index in [9.17, 15) is 35.4 Å². The highest BCUT2D eigenvalue weighted by atomic mass is 16.7. The maximum Gasteiger partial charge on any atom is 0.251 e. The predicted octanol–water partition coefficient (Wildman–Crippen LogP) is -6.68. The summed E-state index contributed by atoms with van der Waals surface area (Å²) in [6, 6.07) is 0. The van der Waals surface area contributed by atoms with Gasteiger partial charge in [-0.1, -0.05) is 0 Å². The fraction of sp³-hybridized carbons (Fsp3) is 0.929. The third-order valence-electron chi connectivity index (χ3n) is 4.08. The Labute approximate surface area is 154 Å². The molecule has 0 saturated carbocycles. The van der Waals surface area contributed by atoms with Crippen molar-refractivity contribution in [3.05, 3.63) is 0 Å². The predicted molar refractivity (Wildman–Crippen MR) is 85.8 cm³/mol. The van der Waals surface area contributed by atoms with Crippen molar-refractivity contribution < 1.29 is 55.1 Å². The van der Waals surface area contributed by atoms with Gasteiger partial charge in [-0.3, -0.25) is 4.79 Å². The lowest BCUT2D eigenvalue weighted by atomic mass is 9.98. The van der Waals surface area contributed by atoms with Crippen molar-refractivity contribution >= 4 is 5.91 Å². The Morgan fingerprint density at radius 1 is 1.11 bits per heavy atom. The van der Waals surface area contributed by atoms with Gasteiger partial charge in [0.1, 0.15) is 42.7 Å². The zero-order valence-corrected chi connectivity index (χ0v) is 14.4. The summed E-state index contributed by atoms with van der Waals surface area (Å²) in [6.45, 7) is -1.62. The van der Waals surface area contributed by atoms with Gasteiger partial charge in [-0.25, -0.2) is 0 Å². The number of carbonyl (C=O) groups is 1. The first-order chi connectivity index (χ1) is 12.7. The van der Waals surface area contributed by atoms with Crippen molar-refractivity contribution in [1.82, 2.24) is 5.32 Å². The molecule has 1 fully saturated rings. The van der Waals surface area contributed by atoms with Crippen molar-refractivity contribution in [2.75, 3.05) is 26.3 Å². The lowest BCUT2D eigenvalue weighted by Crippen LogP contribution is -2.62. The van der Waals surface area contributed by atoms with Crippen molar-refractivity contribution in [2.45, 2.75) is 55.1 Å². The SMILES string of the molecule is NCCNC(=O)[C@H](O)[C@@H](O)[C@H](O[C@@H]1O[C@H](CO)[C@H](O)[C@H](O)[C@H]1O)[C@H](O)CO. The van der Waals surface area contributed by atoms with E-state index in [0.29, 0.717) is 0 Å². The number of nitrogens with one attached hydrogen (secondary N) is 1. The number of hydrogen-bond donors (Lipinski definition) is 10. The van der Waals surface area contributed by atoms with Gasteiger partial charge in [0.05, 0.1) is 13.2 Å². The van der Waals surface area contributed by atoms with Gasteiger partial charge in [0.2, 0.25) is 0 Å².